The number of ether oxygens (including phenoxy) is 1. The molecule has 0 bridgehead atoms. The molecule has 0 saturated carbocycles. The number of thiophene rings is 1. The highest BCUT2D eigenvalue weighted by Gasteiger charge is 2.17. The van der Waals surface area contributed by atoms with Gasteiger partial charge < -0.3 is 20.2 Å². The lowest BCUT2D eigenvalue weighted by atomic mass is 10.1. The van der Waals surface area contributed by atoms with E-state index in [4.69, 9.17) is 14.9 Å². The Morgan fingerprint density at radius 3 is 2.71 bits per heavy atom. The van der Waals surface area contributed by atoms with E-state index in [0.717, 1.165) is 26.9 Å². The Morgan fingerprint density at radius 1 is 1.05 bits per heavy atom. The van der Waals surface area contributed by atoms with E-state index in [1.165, 1.54) is 11.3 Å². The molecule has 0 aliphatic rings. The van der Waals surface area contributed by atoms with E-state index in [2.05, 4.69) is 20.6 Å². The number of anilines is 2. The van der Waals surface area contributed by atoms with Gasteiger partial charge in [-0.15, -0.1) is 26.6 Å². The predicted octanol–water partition coefficient (Wildman–Crippen LogP) is 5.57. The molecule has 0 fully saturated rings. The molecule has 10 heteroatoms. The number of carbonyl (C=O) groups is 1. The Hall–Kier alpha value is -4.96. The molecule has 188 valence electrons. The lowest BCUT2D eigenvalue weighted by molar-refractivity contribution is 0.103. The van der Waals surface area contributed by atoms with Crippen LogP contribution in [0.2, 0.25) is 0 Å². The number of para-hydroxylation sites is 2. The first-order chi connectivity index (χ1) is 18.6. The summed E-state index contributed by atoms with van der Waals surface area (Å²) in [6.07, 6.45) is 2.14. The van der Waals surface area contributed by atoms with Crippen molar-refractivity contribution in [3.63, 3.8) is 0 Å². The standard InChI is InChI=1S/C28H22N6O3S/c1-36-22-10-6-5-9-20(22)28-32-31-25(37-28)14-17-11-12-18-15-24(38-23(18)13-17)27(35)30-26-21(29)16-34(33-26)19-7-3-2-4-8-19/h2-13,15-16H,14,29H2,1H3,(H,30,33,35). The van der Waals surface area contributed by atoms with E-state index in [1.54, 1.807) is 18.0 Å². The Labute approximate surface area is 221 Å². The highest BCUT2D eigenvalue weighted by Crippen LogP contribution is 2.31. The fourth-order valence-corrected chi connectivity index (χ4v) is 5.12. The molecule has 3 aromatic heterocycles. The minimum absolute atomic E-state index is 0.267. The van der Waals surface area contributed by atoms with E-state index >= 15 is 0 Å². The van der Waals surface area contributed by atoms with Gasteiger partial charge in [-0.05, 0) is 47.3 Å². The van der Waals surface area contributed by atoms with Gasteiger partial charge in [-0.3, -0.25) is 4.79 Å². The second kappa shape index (κ2) is 9.83. The summed E-state index contributed by atoms with van der Waals surface area (Å²) in [6, 6.07) is 24.9. The molecular formula is C28H22N6O3S. The van der Waals surface area contributed by atoms with Crippen molar-refractivity contribution in [2.45, 2.75) is 6.42 Å². The second-order valence-electron chi connectivity index (χ2n) is 8.53. The molecule has 0 aliphatic heterocycles. The topological polar surface area (TPSA) is 121 Å². The van der Waals surface area contributed by atoms with Crippen LogP contribution >= 0.6 is 11.3 Å². The Kier molecular flexibility index (Phi) is 6.06. The van der Waals surface area contributed by atoms with Crippen LogP contribution in [0.25, 0.3) is 27.2 Å². The number of nitrogens with two attached hydrogens (primary N) is 1. The number of rotatable bonds is 7. The van der Waals surface area contributed by atoms with Crippen LogP contribution in [-0.4, -0.2) is 33.0 Å². The molecule has 0 spiro atoms. The molecule has 3 aromatic carbocycles. The van der Waals surface area contributed by atoms with Crippen molar-refractivity contribution in [1.82, 2.24) is 20.0 Å². The van der Waals surface area contributed by atoms with Crippen molar-refractivity contribution in [1.29, 1.82) is 0 Å². The van der Waals surface area contributed by atoms with Crippen molar-refractivity contribution in [2.75, 3.05) is 18.2 Å². The highest BCUT2D eigenvalue weighted by atomic mass is 32.1. The number of amides is 1. The first-order valence-electron chi connectivity index (χ1n) is 11.8. The van der Waals surface area contributed by atoms with Gasteiger partial charge in [-0.1, -0.05) is 42.5 Å². The van der Waals surface area contributed by atoms with Gasteiger partial charge in [0, 0.05) is 4.70 Å². The van der Waals surface area contributed by atoms with Crippen molar-refractivity contribution >= 4 is 38.8 Å². The molecule has 6 rings (SSSR count). The number of methoxy groups -OCH3 is 1. The third-order valence-corrected chi connectivity index (χ3v) is 7.06. The lowest BCUT2D eigenvalue weighted by Crippen LogP contribution is -2.12. The molecule has 38 heavy (non-hydrogen) atoms. The molecule has 0 atom stereocenters. The summed E-state index contributed by atoms with van der Waals surface area (Å²) in [7, 11) is 1.60. The summed E-state index contributed by atoms with van der Waals surface area (Å²) in [5.41, 5.74) is 9.08. The van der Waals surface area contributed by atoms with E-state index in [-0.39, 0.29) is 5.91 Å². The van der Waals surface area contributed by atoms with Crippen LogP contribution in [0.15, 0.2) is 89.5 Å². The van der Waals surface area contributed by atoms with Gasteiger partial charge >= 0.3 is 0 Å². The average molecular weight is 523 g/mol. The molecule has 0 aliphatic carbocycles. The zero-order valence-electron chi connectivity index (χ0n) is 20.3. The first-order valence-corrected chi connectivity index (χ1v) is 12.6. The average Bonchev–Trinajstić information content (AvgIpc) is 3.68. The zero-order chi connectivity index (χ0) is 26.1. The monoisotopic (exact) mass is 522 g/mol. The SMILES string of the molecule is COc1ccccc1-c1nnc(Cc2ccc3cc(C(=O)Nc4nn(-c5ccccc5)cc4N)sc3c2)o1. The minimum Gasteiger partial charge on any atom is -0.496 e. The maximum Gasteiger partial charge on any atom is 0.267 e. The molecule has 0 unspecified atom stereocenters. The predicted molar refractivity (Wildman–Crippen MR) is 147 cm³/mol. The number of fused-ring (bicyclic) bond motifs is 1. The third kappa shape index (κ3) is 4.60. The van der Waals surface area contributed by atoms with E-state index in [1.807, 2.05) is 78.9 Å². The normalized spacial score (nSPS) is 11.1. The molecular weight excluding hydrogens is 500 g/mol. The second-order valence-corrected chi connectivity index (χ2v) is 9.61. The summed E-state index contributed by atoms with van der Waals surface area (Å²) < 4.78 is 13.9. The van der Waals surface area contributed by atoms with E-state index in [9.17, 15) is 4.79 Å². The fraction of sp³-hybridized carbons (Fsp3) is 0.0714. The molecule has 3 N–H and O–H groups in total. The molecule has 0 radical (unpaired) electrons. The number of aromatic nitrogens is 4. The fourth-order valence-electron chi connectivity index (χ4n) is 4.09. The Bertz CT molecular complexity index is 1760. The van der Waals surface area contributed by atoms with Crippen molar-refractivity contribution in [3.05, 3.63) is 101 Å². The van der Waals surface area contributed by atoms with Crippen LogP contribution in [0.5, 0.6) is 5.75 Å². The van der Waals surface area contributed by atoms with Gasteiger partial charge in [0.15, 0.2) is 5.82 Å². The van der Waals surface area contributed by atoms with E-state index in [0.29, 0.717) is 40.3 Å². The summed E-state index contributed by atoms with van der Waals surface area (Å²) >= 11 is 1.39. The number of hydrogen-bond donors (Lipinski definition) is 2. The summed E-state index contributed by atoms with van der Waals surface area (Å²) in [5.74, 6) is 1.62. The molecule has 3 heterocycles. The number of nitrogens with one attached hydrogen (secondary N) is 1. The van der Waals surface area contributed by atoms with Gasteiger partial charge in [0.1, 0.15) is 5.75 Å². The van der Waals surface area contributed by atoms with Crippen molar-refractivity contribution < 1.29 is 13.9 Å². The van der Waals surface area contributed by atoms with E-state index < -0.39 is 0 Å². The number of benzene rings is 3. The van der Waals surface area contributed by atoms with Gasteiger partial charge in [0.2, 0.25) is 5.89 Å². The minimum atomic E-state index is -0.267. The summed E-state index contributed by atoms with van der Waals surface area (Å²) in [4.78, 5) is 13.6. The first kappa shape index (κ1) is 23.4. The van der Waals surface area contributed by atoms with Gasteiger partial charge in [-0.25, -0.2) is 4.68 Å². The molecule has 0 saturated heterocycles. The Morgan fingerprint density at radius 2 is 1.87 bits per heavy atom. The maximum atomic E-state index is 13.0. The lowest BCUT2D eigenvalue weighted by Gasteiger charge is -2.03. The third-order valence-electron chi connectivity index (χ3n) is 5.96. The van der Waals surface area contributed by atoms with Crippen molar-refractivity contribution in [3.8, 4) is 22.9 Å². The number of hydrogen-bond acceptors (Lipinski definition) is 8. The van der Waals surface area contributed by atoms with Gasteiger partial charge in [-0.2, -0.15) is 0 Å². The summed E-state index contributed by atoms with van der Waals surface area (Å²) in [5, 5.41) is 16.6. The van der Waals surface area contributed by atoms with Crippen LogP contribution in [0.3, 0.4) is 0 Å². The maximum absolute atomic E-state index is 13.0. The number of nitrogens with zero attached hydrogens (tertiary/aromatic N) is 4. The quantitative estimate of drug-likeness (QED) is 0.281. The van der Waals surface area contributed by atoms with Gasteiger partial charge in [0.05, 0.1) is 41.5 Å². The summed E-state index contributed by atoms with van der Waals surface area (Å²) in [6.45, 7) is 0. The van der Waals surface area contributed by atoms with Crippen LogP contribution < -0.4 is 15.8 Å². The van der Waals surface area contributed by atoms with Crippen LogP contribution in [0.1, 0.15) is 21.1 Å². The van der Waals surface area contributed by atoms with Crippen LogP contribution in [0, 0.1) is 0 Å². The molecule has 1 amide bonds. The number of carbonyl (C=O) groups excluding carboxylic acids is 1. The Balaban J connectivity index is 1.19. The largest absolute Gasteiger partial charge is 0.496 e. The molecule has 6 aromatic rings. The zero-order valence-corrected chi connectivity index (χ0v) is 21.1. The molecule has 9 nitrogen and oxygen atoms in total. The highest BCUT2D eigenvalue weighted by molar-refractivity contribution is 7.20. The number of nitrogen functional groups attached to an aromatic ring is 1. The van der Waals surface area contributed by atoms with Crippen molar-refractivity contribution in [2.24, 2.45) is 0 Å². The smallest absolute Gasteiger partial charge is 0.267 e. The van der Waals surface area contributed by atoms with Crippen LogP contribution in [-0.2, 0) is 6.42 Å². The van der Waals surface area contributed by atoms with Gasteiger partial charge in [0.25, 0.3) is 11.8 Å². The van der Waals surface area contributed by atoms with Crippen LogP contribution in [0.4, 0.5) is 11.5 Å².